The minimum atomic E-state index is -0.171. The summed E-state index contributed by atoms with van der Waals surface area (Å²) >= 11 is 0. The molecule has 0 rings (SSSR count). The molecule has 0 aliphatic rings. The van der Waals surface area contributed by atoms with E-state index >= 15 is 0 Å². The Hall–Kier alpha value is -0.160. The van der Waals surface area contributed by atoms with E-state index in [4.69, 9.17) is 14.6 Å². The summed E-state index contributed by atoms with van der Waals surface area (Å²) in [4.78, 5) is 0. The average Bonchev–Trinajstić information content (AvgIpc) is 2.27. The predicted octanol–water partition coefficient (Wildman–Crippen LogP) is 0.790. The number of likely N-dealkylation sites (N-methyl/N-ethyl adjacent to an activating group) is 1. The topological polar surface area (TPSA) is 50.7 Å². The summed E-state index contributed by atoms with van der Waals surface area (Å²) in [5.41, 5.74) is -0.171. The molecular weight excluding hydrogens is 194 g/mol. The number of hydrogen-bond acceptors (Lipinski definition) is 4. The summed E-state index contributed by atoms with van der Waals surface area (Å²) in [5, 5.41) is 12.3. The lowest BCUT2D eigenvalue weighted by Gasteiger charge is -2.26. The Labute approximate surface area is 93.0 Å². The summed E-state index contributed by atoms with van der Waals surface area (Å²) in [6, 6.07) is 0. The summed E-state index contributed by atoms with van der Waals surface area (Å²) in [6.45, 7) is 4.43. The van der Waals surface area contributed by atoms with Crippen LogP contribution in [0, 0.1) is 0 Å². The second kappa shape index (κ2) is 9.09. The first kappa shape index (κ1) is 14.8. The highest BCUT2D eigenvalue weighted by atomic mass is 16.5. The van der Waals surface area contributed by atoms with Gasteiger partial charge < -0.3 is 19.9 Å². The smallest absolute Gasteiger partial charge is 0.0610 e. The summed E-state index contributed by atoms with van der Waals surface area (Å²) < 4.78 is 10.3. The van der Waals surface area contributed by atoms with Crippen LogP contribution >= 0.6 is 0 Å². The number of nitrogens with one attached hydrogen (secondary N) is 1. The van der Waals surface area contributed by atoms with E-state index in [0.29, 0.717) is 0 Å². The van der Waals surface area contributed by atoms with E-state index in [1.807, 2.05) is 14.0 Å². The van der Waals surface area contributed by atoms with Crippen molar-refractivity contribution in [2.45, 2.75) is 31.7 Å². The fourth-order valence-corrected chi connectivity index (χ4v) is 1.25. The van der Waals surface area contributed by atoms with Gasteiger partial charge in [-0.3, -0.25) is 0 Å². The molecule has 0 fully saturated rings. The lowest BCUT2D eigenvalue weighted by atomic mass is 9.97. The first-order valence-corrected chi connectivity index (χ1v) is 5.55. The molecule has 0 radical (unpaired) electrons. The van der Waals surface area contributed by atoms with Crippen LogP contribution in [0.2, 0.25) is 0 Å². The minimum Gasteiger partial charge on any atom is -0.394 e. The van der Waals surface area contributed by atoms with Crippen molar-refractivity contribution in [1.29, 1.82) is 0 Å². The van der Waals surface area contributed by atoms with Crippen LogP contribution in [0.4, 0.5) is 0 Å². The zero-order valence-electron chi connectivity index (χ0n) is 10.2. The Kier molecular flexibility index (Phi) is 9.00. The Balaban J connectivity index is 3.29. The highest BCUT2D eigenvalue weighted by Gasteiger charge is 2.19. The third kappa shape index (κ3) is 7.73. The van der Waals surface area contributed by atoms with Crippen LogP contribution in [0.1, 0.15) is 26.2 Å². The number of hydrogen-bond donors (Lipinski definition) is 2. The molecule has 0 saturated carbocycles. The van der Waals surface area contributed by atoms with Gasteiger partial charge in [-0.2, -0.15) is 0 Å². The van der Waals surface area contributed by atoms with Crippen LogP contribution < -0.4 is 5.32 Å². The first-order valence-electron chi connectivity index (χ1n) is 5.55. The molecule has 92 valence electrons. The minimum absolute atomic E-state index is 0.160. The van der Waals surface area contributed by atoms with Gasteiger partial charge in [-0.05, 0) is 33.2 Å². The fourth-order valence-electron chi connectivity index (χ4n) is 1.25. The molecule has 0 saturated heterocycles. The summed E-state index contributed by atoms with van der Waals surface area (Å²) in [5.74, 6) is 0. The molecule has 1 unspecified atom stereocenters. The largest absolute Gasteiger partial charge is 0.394 e. The zero-order valence-corrected chi connectivity index (χ0v) is 10.2. The van der Waals surface area contributed by atoms with Crippen LogP contribution in [-0.4, -0.2) is 51.2 Å². The maximum Gasteiger partial charge on any atom is 0.0610 e. The maximum atomic E-state index is 9.14. The second-order valence-electron chi connectivity index (χ2n) is 4.03. The lowest BCUT2D eigenvalue weighted by molar-refractivity contribution is 0.0912. The van der Waals surface area contributed by atoms with E-state index in [0.717, 1.165) is 39.1 Å². The molecule has 0 aliphatic heterocycles. The molecular formula is C11H25NO3. The van der Waals surface area contributed by atoms with E-state index in [-0.39, 0.29) is 12.1 Å². The van der Waals surface area contributed by atoms with Crippen molar-refractivity contribution < 1.29 is 14.6 Å². The van der Waals surface area contributed by atoms with Crippen LogP contribution in [-0.2, 0) is 9.47 Å². The molecule has 4 heteroatoms. The molecule has 2 N–H and O–H groups in total. The van der Waals surface area contributed by atoms with Crippen LogP contribution in [0.5, 0.6) is 0 Å². The highest BCUT2D eigenvalue weighted by molar-refractivity contribution is 4.79. The quantitative estimate of drug-likeness (QED) is 0.533. The summed E-state index contributed by atoms with van der Waals surface area (Å²) in [6.07, 6.45) is 2.83. The van der Waals surface area contributed by atoms with Crippen molar-refractivity contribution in [3.63, 3.8) is 0 Å². The lowest BCUT2D eigenvalue weighted by Crippen LogP contribution is -2.43. The van der Waals surface area contributed by atoms with Crippen molar-refractivity contribution in [2.24, 2.45) is 0 Å². The Morgan fingerprint density at radius 3 is 2.40 bits per heavy atom. The average molecular weight is 219 g/mol. The normalized spacial score (nSPS) is 15.2. The molecule has 15 heavy (non-hydrogen) atoms. The number of aliphatic hydroxyl groups excluding tert-OH is 1. The Morgan fingerprint density at radius 2 is 1.87 bits per heavy atom. The van der Waals surface area contributed by atoms with Crippen molar-refractivity contribution in [1.82, 2.24) is 5.32 Å². The van der Waals surface area contributed by atoms with E-state index in [1.165, 1.54) is 0 Å². The van der Waals surface area contributed by atoms with Gasteiger partial charge in [-0.15, -0.1) is 0 Å². The SMILES string of the molecule is CNC(C)(CO)CCCOCCCOC. The zero-order chi connectivity index (χ0) is 11.6. The molecule has 0 spiro atoms. The number of ether oxygens (including phenoxy) is 2. The van der Waals surface area contributed by atoms with Gasteiger partial charge in [0.1, 0.15) is 0 Å². The summed E-state index contributed by atoms with van der Waals surface area (Å²) in [7, 11) is 3.56. The van der Waals surface area contributed by atoms with Crippen LogP contribution in [0.3, 0.4) is 0 Å². The molecule has 1 atom stereocenters. The van der Waals surface area contributed by atoms with Crippen LogP contribution in [0.25, 0.3) is 0 Å². The molecule has 0 bridgehead atoms. The van der Waals surface area contributed by atoms with E-state index in [1.54, 1.807) is 7.11 Å². The maximum absolute atomic E-state index is 9.14. The Morgan fingerprint density at radius 1 is 1.20 bits per heavy atom. The van der Waals surface area contributed by atoms with Gasteiger partial charge in [0.15, 0.2) is 0 Å². The third-order valence-electron chi connectivity index (χ3n) is 2.61. The van der Waals surface area contributed by atoms with Gasteiger partial charge in [-0.25, -0.2) is 0 Å². The number of methoxy groups -OCH3 is 1. The molecule has 4 nitrogen and oxygen atoms in total. The van der Waals surface area contributed by atoms with Crippen molar-refractivity contribution in [3.8, 4) is 0 Å². The van der Waals surface area contributed by atoms with Crippen LogP contribution in [0.15, 0.2) is 0 Å². The van der Waals surface area contributed by atoms with Crippen molar-refractivity contribution in [3.05, 3.63) is 0 Å². The Bertz CT molecular complexity index is 138. The molecule has 0 aromatic rings. The van der Waals surface area contributed by atoms with E-state index in [2.05, 4.69) is 5.32 Å². The van der Waals surface area contributed by atoms with Gasteiger partial charge in [0.25, 0.3) is 0 Å². The number of aliphatic hydroxyl groups is 1. The molecule has 0 aromatic carbocycles. The van der Waals surface area contributed by atoms with Crippen molar-refractivity contribution in [2.75, 3.05) is 40.6 Å². The van der Waals surface area contributed by atoms with E-state index in [9.17, 15) is 0 Å². The molecule has 0 heterocycles. The molecule has 0 amide bonds. The van der Waals surface area contributed by atoms with Crippen molar-refractivity contribution >= 4 is 0 Å². The van der Waals surface area contributed by atoms with Gasteiger partial charge in [-0.1, -0.05) is 0 Å². The van der Waals surface area contributed by atoms with Gasteiger partial charge in [0.05, 0.1) is 6.61 Å². The molecule has 0 aliphatic carbocycles. The second-order valence-corrected chi connectivity index (χ2v) is 4.03. The predicted molar refractivity (Wildman–Crippen MR) is 61.1 cm³/mol. The first-order chi connectivity index (χ1) is 7.18. The highest BCUT2D eigenvalue weighted by Crippen LogP contribution is 2.10. The third-order valence-corrected chi connectivity index (χ3v) is 2.61. The molecule has 0 aromatic heterocycles. The number of rotatable bonds is 10. The fraction of sp³-hybridized carbons (Fsp3) is 1.00. The van der Waals surface area contributed by atoms with Gasteiger partial charge in [0.2, 0.25) is 0 Å². The van der Waals surface area contributed by atoms with Gasteiger partial charge >= 0.3 is 0 Å². The van der Waals surface area contributed by atoms with Gasteiger partial charge in [0, 0.05) is 32.5 Å². The van der Waals surface area contributed by atoms with E-state index < -0.39 is 0 Å². The monoisotopic (exact) mass is 219 g/mol. The standard InChI is InChI=1S/C11H25NO3/c1-11(10-13,12-2)6-4-8-15-9-5-7-14-3/h12-13H,4-10H2,1-3H3.